The summed E-state index contributed by atoms with van der Waals surface area (Å²) >= 11 is 0. The molecule has 0 N–H and O–H groups in total. The minimum atomic E-state index is -0.0155. The molecule has 0 atom stereocenters. The summed E-state index contributed by atoms with van der Waals surface area (Å²) in [7, 11) is 1.50. The molecule has 2 saturated heterocycles. The molecular formula is C17H25N4O2+. The molecule has 4 rings (SSSR count). The van der Waals surface area contributed by atoms with Gasteiger partial charge in [-0.05, 0) is 19.8 Å². The van der Waals surface area contributed by atoms with E-state index in [1.54, 1.807) is 0 Å². The molecule has 1 aromatic rings. The van der Waals surface area contributed by atoms with Gasteiger partial charge < -0.3 is 14.1 Å². The van der Waals surface area contributed by atoms with E-state index in [2.05, 4.69) is 14.9 Å². The molecule has 3 aliphatic rings. The van der Waals surface area contributed by atoms with Crippen LogP contribution in [-0.4, -0.2) is 66.8 Å². The second-order valence-electron chi connectivity index (χ2n) is 7.71. The normalized spacial score (nSPS) is 25.0. The first kappa shape index (κ1) is 14.9. The third-order valence-corrected chi connectivity index (χ3v) is 6.06. The van der Waals surface area contributed by atoms with Crippen LogP contribution in [-0.2, 0) is 9.53 Å². The van der Waals surface area contributed by atoms with Crippen LogP contribution in [0.1, 0.15) is 18.7 Å². The van der Waals surface area contributed by atoms with Crippen molar-refractivity contribution in [3.05, 3.63) is 18.2 Å². The lowest BCUT2D eigenvalue weighted by Crippen LogP contribution is -2.77. The summed E-state index contributed by atoms with van der Waals surface area (Å²) in [5.74, 6) is 0.966. The summed E-state index contributed by atoms with van der Waals surface area (Å²) in [4.78, 5) is 22.6. The number of aryl methyl sites for hydroxylation is 1. The van der Waals surface area contributed by atoms with Crippen LogP contribution in [0.15, 0.2) is 12.4 Å². The smallest absolute Gasteiger partial charge is 0.308 e. The Balaban J connectivity index is 1.30. The fourth-order valence-corrected chi connectivity index (χ4v) is 4.97. The van der Waals surface area contributed by atoms with Crippen LogP contribution < -0.4 is 4.90 Å². The van der Waals surface area contributed by atoms with E-state index in [-0.39, 0.29) is 11.9 Å². The second-order valence-corrected chi connectivity index (χ2v) is 7.71. The second kappa shape index (κ2) is 5.16. The van der Waals surface area contributed by atoms with E-state index in [9.17, 15) is 4.79 Å². The number of nitrogens with zero attached hydrogens (tertiary/aromatic N) is 4. The van der Waals surface area contributed by atoms with Crippen LogP contribution in [0.4, 0.5) is 5.69 Å². The van der Waals surface area contributed by atoms with E-state index in [0.717, 1.165) is 37.4 Å². The summed E-state index contributed by atoms with van der Waals surface area (Å²) < 4.78 is 6.10. The fourth-order valence-electron chi connectivity index (χ4n) is 4.97. The predicted octanol–water partition coefficient (Wildman–Crippen LogP) is 1.00. The van der Waals surface area contributed by atoms with E-state index >= 15 is 0 Å². The zero-order valence-corrected chi connectivity index (χ0v) is 14.0. The SMILES string of the molecule is COC(=O)C1CC2(C1)C[N+]1(CCN(c3cnc(C)nc3)CC1)C2. The van der Waals surface area contributed by atoms with E-state index in [1.165, 1.54) is 37.8 Å². The van der Waals surface area contributed by atoms with Gasteiger partial charge in [-0.1, -0.05) is 0 Å². The zero-order valence-electron chi connectivity index (χ0n) is 14.0. The van der Waals surface area contributed by atoms with Crippen LogP contribution in [0.5, 0.6) is 0 Å². The predicted molar refractivity (Wildman–Crippen MR) is 85.9 cm³/mol. The first-order chi connectivity index (χ1) is 11.0. The van der Waals surface area contributed by atoms with Gasteiger partial charge in [0.15, 0.2) is 0 Å². The highest BCUT2D eigenvalue weighted by Gasteiger charge is 2.63. The standard InChI is InChI=1S/C17H25N4O2/c1-13-18-9-15(10-19-13)20-3-5-21(6-4-20)11-17(12-21)7-14(8-17)16(22)23-2/h9-10,14H,3-8,11-12H2,1-2H3/q+1. The minimum Gasteiger partial charge on any atom is -0.469 e. The lowest BCUT2D eigenvalue weighted by atomic mass is 9.56. The number of anilines is 1. The molecule has 6 heteroatoms. The van der Waals surface area contributed by atoms with Gasteiger partial charge in [0.25, 0.3) is 0 Å². The molecule has 23 heavy (non-hydrogen) atoms. The van der Waals surface area contributed by atoms with Gasteiger partial charge in [-0.3, -0.25) is 4.79 Å². The summed E-state index contributed by atoms with van der Waals surface area (Å²) in [6.07, 6.45) is 5.94. The number of aromatic nitrogens is 2. The number of rotatable bonds is 2. The number of piperazine rings is 1. The van der Waals surface area contributed by atoms with Crippen LogP contribution in [0.25, 0.3) is 0 Å². The first-order valence-electron chi connectivity index (χ1n) is 8.50. The highest BCUT2D eigenvalue weighted by atomic mass is 16.5. The van der Waals surface area contributed by atoms with Gasteiger partial charge in [0.2, 0.25) is 0 Å². The Morgan fingerprint density at radius 3 is 2.43 bits per heavy atom. The van der Waals surface area contributed by atoms with Crippen molar-refractivity contribution in [2.75, 3.05) is 51.3 Å². The summed E-state index contributed by atoms with van der Waals surface area (Å²) in [6.45, 7) is 8.94. The van der Waals surface area contributed by atoms with Gasteiger partial charge in [-0.15, -0.1) is 0 Å². The number of hydrogen-bond acceptors (Lipinski definition) is 5. The molecule has 3 heterocycles. The van der Waals surface area contributed by atoms with Crippen LogP contribution >= 0.6 is 0 Å². The minimum absolute atomic E-state index is 0.0155. The Morgan fingerprint density at radius 1 is 1.26 bits per heavy atom. The Bertz CT molecular complexity index is 592. The first-order valence-corrected chi connectivity index (χ1v) is 8.50. The highest BCUT2D eigenvalue weighted by molar-refractivity contribution is 5.73. The van der Waals surface area contributed by atoms with Crippen molar-refractivity contribution in [2.45, 2.75) is 19.8 Å². The third-order valence-electron chi connectivity index (χ3n) is 6.06. The molecule has 2 aliphatic heterocycles. The molecule has 0 bridgehead atoms. The van der Waals surface area contributed by atoms with Crippen LogP contribution in [0.2, 0.25) is 0 Å². The van der Waals surface area contributed by atoms with E-state index in [1.807, 2.05) is 19.3 Å². The highest BCUT2D eigenvalue weighted by Crippen LogP contribution is 2.55. The van der Waals surface area contributed by atoms with E-state index in [4.69, 9.17) is 4.74 Å². The molecule has 124 valence electrons. The third kappa shape index (κ3) is 2.49. The average molecular weight is 317 g/mol. The lowest BCUT2D eigenvalue weighted by molar-refractivity contribution is -0.987. The maximum atomic E-state index is 11.6. The number of hydrogen-bond donors (Lipinski definition) is 0. The largest absolute Gasteiger partial charge is 0.469 e. The number of carbonyl (C=O) groups excluding carboxylic acids is 1. The summed E-state index contributed by atoms with van der Waals surface area (Å²) in [5.41, 5.74) is 1.58. The number of esters is 1. The molecule has 1 saturated carbocycles. The zero-order chi connectivity index (χ0) is 16.1. The Morgan fingerprint density at radius 2 is 1.87 bits per heavy atom. The molecular weight excluding hydrogens is 292 g/mol. The van der Waals surface area contributed by atoms with Gasteiger partial charge in [0.1, 0.15) is 5.82 Å². The number of quaternary nitrogens is 1. The average Bonchev–Trinajstić information content (AvgIpc) is 2.50. The molecule has 1 aromatic heterocycles. The van der Waals surface area contributed by atoms with E-state index in [0.29, 0.717) is 5.41 Å². The summed E-state index contributed by atoms with van der Waals surface area (Å²) in [5, 5.41) is 0. The topological polar surface area (TPSA) is 55.3 Å². The van der Waals surface area contributed by atoms with Crippen molar-refractivity contribution >= 4 is 11.7 Å². The van der Waals surface area contributed by atoms with Crippen LogP contribution in [0.3, 0.4) is 0 Å². The molecule has 0 radical (unpaired) electrons. The number of methoxy groups -OCH3 is 1. The van der Waals surface area contributed by atoms with Crippen molar-refractivity contribution in [3.63, 3.8) is 0 Å². The van der Waals surface area contributed by atoms with Crippen molar-refractivity contribution < 1.29 is 14.0 Å². The molecule has 0 amide bonds. The molecule has 0 aromatic carbocycles. The molecule has 3 fully saturated rings. The molecule has 2 spiro atoms. The molecule has 6 nitrogen and oxygen atoms in total. The maximum absolute atomic E-state index is 11.6. The monoisotopic (exact) mass is 317 g/mol. The van der Waals surface area contributed by atoms with Crippen LogP contribution in [0, 0.1) is 18.3 Å². The molecule has 1 aliphatic carbocycles. The quantitative estimate of drug-likeness (QED) is 0.602. The van der Waals surface area contributed by atoms with Crippen molar-refractivity contribution in [1.29, 1.82) is 0 Å². The van der Waals surface area contributed by atoms with Crippen molar-refractivity contribution in [3.8, 4) is 0 Å². The van der Waals surface area contributed by atoms with E-state index < -0.39 is 0 Å². The van der Waals surface area contributed by atoms with Gasteiger partial charge >= 0.3 is 5.97 Å². The summed E-state index contributed by atoms with van der Waals surface area (Å²) in [6, 6.07) is 0. The number of carbonyl (C=O) groups is 1. The van der Waals surface area contributed by atoms with Crippen molar-refractivity contribution in [2.24, 2.45) is 11.3 Å². The van der Waals surface area contributed by atoms with Gasteiger partial charge in [-0.2, -0.15) is 0 Å². The Labute approximate surface area is 137 Å². The lowest BCUT2D eigenvalue weighted by Gasteiger charge is -2.64. The Kier molecular flexibility index (Phi) is 3.34. The maximum Gasteiger partial charge on any atom is 0.308 e. The number of ether oxygens (including phenoxy) is 1. The van der Waals surface area contributed by atoms with Gasteiger partial charge in [0.05, 0.1) is 75.8 Å². The van der Waals surface area contributed by atoms with Gasteiger partial charge in [0, 0.05) is 0 Å². The van der Waals surface area contributed by atoms with Gasteiger partial charge in [-0.25, -0.2) is 9.97 Å². The fraction of sp³-hybridized carbons (Fsp3) is 0.706. The Hall–Kier alpha value is -1.69. The molecule has 0 unspecified atom stereocenters. The van der Waals surface area contributed by atoms with Crippen molar-refractivity contribution in [1.82, 2.24) is 9.97 Å².